The number of hydrogen-bond donors (Lipinski definition) is 1. The van der Waals surface area contributed by atoms with Gasteiger partial charge >= 0.3 is 0 Å². The van der Waals surface area contributed by atoms with Crippen LogP contribution in [0.4, 0.5) is 11.4 Å². The molecule has 2 N–H and O–H groups in total. The van der Waals surface area contributed by atoms with E-state index in [1.54, 1.807) is 23.5 Å². The number of nitro groups is 1. The number of anilines is 1. The molecule has 2 aromatic rings. The predicted octanol–water partition coefficient (Wildman–Crippen LogP) is 2.91. The first kappa shape index (κ1) is 9.67. The van der Waals surface area contributed by atoms with E-state index < -0.39 is 4.92 Å². The van der Waals surface area contributed by atoms with Gasteiger partial charge in [0.05, 0.1) is 4.92 Å². The molecule has 0 radical (unpaired) electrons. The van der Waals surface area contributed by atoms with Crippen molar-refractivity contribution in [3.05, 3.63) is 45.8 Å². The van der Waals surface area contributed by atoms with Crippen molar-refractivity contribution in [3.63, 3.8) is 0 Å². The number of benzene rings is 1. The Morgan fingerprint density at radius 3 is 2.67 bits per heavy atom. The van der Waals surface area contributed by atoms with Gasteiger partial charge in [-0.25, -0.2) is 0 Å². The van der Waals surface area contributed by atoms with E-state index in [9.17, 15) is 10.1 Å². The van der Waals surface area contributed by atoms with E-state index in [2.05, 4.69) is 0 Å². The van der Waals surface area contributed by atoms with E-state index in [0.29, 0.717) is 0 Å². The van der Waals surface area contributed by atoms with Gasteiger partial charge < -0.3 is 5.73 Å². The molecule has 76 valence electrons. The van der Waals surface area contributed by atoms with Gasteiger partial charge in [0.25, 0.3) is 5.69 Å². The van der Waals surface area contributed by atoms with Gasteiger partial charge in [0.15, 0.2) is 0 Å². The molecule has 0 bridgehead atoms. The van der Waals surface area contributed by atoms with E-state index in [4.69, 9.17) is 5.73 Å². The van der Waals surface area contributed by atoms with Gasteiger partial charge in [-0.05, 0) is 29.1 Å². The molecule has 5 heteroatoms. The zero-order valence-corrected chi connectivity index (χ0v) is 8.53. The quantitative estimate of drug-likeness (QED) is 0.480. The van der Waals surface area contributed by atoms with Crippen molar-refractivity contribution in [2.45, 2.75) is 0 Å². The highest BCUT2D eigenvalue weighted by Crippen LogP contribution is 2.30. The normalized spacial score (nSPS) is 10.1. The Morgan fingerprint density at radius 2 is 2.13 bits per heavy atom. The summed E-state index contributed by atoms with van der Waals surface area (Å²) in [5.74, 6) is 0. The van der Waals surface area contributed by atoms with Crippen LogP contribution in [0.1, 0.15) is 0 Å². The fourth-order valence-electron chi connectivity index (χ4n) is 1.32. The van der Waals surface area contributed by atoms with Gasteiger partial charge in [-0.3, -0.25) is 10.1 Å². The fraction of sp³-hybridized carbons (Fsp3) is 0. The molecule has 1 heterocycles. The highest BCUT2D eigenvalue weighted by atomic mass is 32.1. The zero-order valence-electron chi connectivity index (χ0n) is 7.71. The van der Waals surface area contributed by atoms with Crippen LogP contribution in [0.25, 0.3) is 10.4 Å². The Hall–Kier alpha value is -1.88. The van der Waals surface area contributed by atoms with Gasteiger partial charge in [0.1, 0.15) is 5.69 Å². The van der Waals surface area contributed by atoms with Crippen molar-refractivity contribution in [2.75, 3.05) is 5.73 Å². The second-order valence-electron chi connectivity index (χ2n) is 3.01. The molecule has 0 spiro atoms. The summed E-state index contributed by atoms with van der Waals surface area (Å²) in [6.07, 6.45) is 0. The van der Waals surface area contributed by atoms with Crippen molar-refractivity contribution in [1.29, 1.82) is 0 Å². The maximum atomic E-state index is 10.5. The Balaban J connectivity index is 2.47. The molecule has 0 saturated carbocycles. The van der Waals surface area contributed by atoms with Crippen LogP contribution < -0.4 is 5.73 Å². The van der Waals surface area contributed by atoms with E-state index in [1.165, 1.54) is 6.07 Å². The molecule has 0 amide bonds. The number of nitrogens with two attached hydrogens (primary N) is 1. The average molecular weight is 220 g/mol. The lowest BCUT2D eigenvalue weighted by Crippen LogP contribution is -1.95. The standard InChI is InChI=1S/C10H8N2O2S/c11-8-6-7(10-2-1-5-15-10)3-4-9(8)12(13)14/h1-6H,11H2. The van der Waals surface area contributed by atoms with E-state index in [0.717, 1.165) is 10.4 Å². The van der Waals surface area contributed by atoms with Crippen LogP contribution in [0, 0.1) is 10.1 Å². The summed E-state index contributed by atoms with van der Waals surface area (Å²) in [4.78, 5) is 11.1. The summed E-state index contributed by atoms with van der Waals surface area (Å²) in [7, 11) is 0. The Kier molecular flexibility index (Phi) is 2.39. The van der Waals surface area contributed by atoms with E-state index in [-0.39, 0.29) is 11.4 Å². The monoisotopic (exact) mass is 220 g/mol. The van der Waals surface area contributed by atoms with Gasteiger partial charge in [-0.1, -0.05) is 6.07 Å². The van der Waals surface area contributed by atoms with Gasteiger partial charge in [-0.2, -0.15) is 0 Å². The van der Waals surface area contributed by atoms with Gasteiger partial charge in [0, 0.05) is 10.9 Å². The van der Waals surface area contributed by atoms with Crippen molar-refractivity contribution < 1.29 is 4.92 Å². The SMILES string of the molecule is Nc1cc(-c2cccs2)ccc1[N+](=O)[O-]. The third kappa shape index (κ3) is 1.82. The number of nitrogen functional groups attached to an aromatic ring is 1. The molecular weight excluding hydrogens is 212 g/mol. The molecule has 0 aliphatic carbocycles. The summed E-state index contributed by atoms with van der Waals surface area (Å²) in [6.45, 7) is 0. The van der Waals surface area contributed by atoms with Crippen molar-refractivity contribution in [1.82, 2.24) is 0 Å². The average Bonchev–Trinajstić information content (AvgIpc) is 2.69. The molecule has 0 aliphatic rings. The largest absolute Gasteiger partial charge is 0.393 e. The molecule has 0 unspecified atom stereocenters. The number of thiophene rings is 1. The Labute approximate surface area is 90.1 Å². The second-order valence-corrected chi connectivity index (χ2v) is 3.96. The summed E-state index contributed by atoms with van der Waals surface area (Å²) in [5.41, 5.74) is 6.66. The minimum absolute atomic E-state index is 0.0460. The lowest BCUT2D eigenvalue weighted by Gasteiger charge is -2.00. The maximum Gasteiger partial charge on any atom is 0.292 e. The summed E-state index contributed by atoms with van der Waals surface area (Å²) >= 11 is 1.57. The minimum Gasteiger partial charge on any atom is -0.393 e. The highest BCUT2D eigenvalue weighted by Gasteiger charge is 2.11. The van der Waals surface area contributed by atoms with Crippen molar-refractivity contribution in [3.8, 4) is 10.4 Å². The number of nitrogens with zero attached hydrogens (tertiary/aromatic N) is 1. The number of nitro benzene ring substituents is 1. The molecule has 15 heavy (non-hydrogen) atoms. The van der Waals surface area contributed by atoms with Crippen LogP contribution in [0.3, 0.4) is 0 Å². The molecule has 2 rings (SSSR count). The van der Waals surface area contributed by atoms with Crippen LogP contribution in [0.15, 0.2) is 35.7 Å². The summed E-state index contributed by atoms with van der Waals surface area (Å²) in [5, 5.41) is 12.5. The Morgan fingerprint density at radius 1 is 1.33 bits per heavy atom. The molecule has 0 saturated heterocycles. The number of hydrogen-bond acceptors (Lipinski definition) is 4. The van der Waals surface area contributed by atoms with E-state index in [1.807, 2.05) is 17.5 Å². The van der Waals surface area contributed by atoms with E-state index >= 15 is 0 Å². The lowest BCUT2D eigenvalue weighted by molar-refractivity contribution is -0.383. The molecule has 0 fully saturated rings. The molecule has 0 aliphatic heterocycles. The Bertz CT molecular complexity index is 494. The third-order valence-electron chi connectivity index (χ3n) is 2.03. The number of rotatable bonds is 2. The zero-order chi connectivity index (χ0) is 10.8. The topological polar surface area (TPSA) is 69.2 Å². The molecule has 0 atom stereocenters. The summed E-state index contributed by atoms with van der Waals surface area (Å²) < 4.78 is 0. The highest BCUT2D eigenvalue weighted by molar-refractivity contribution is 7.13. The smallest absolute Gasteiger partial charge is 0.292 e. The van der Waals surface area contributed by atoms with Crippen LogP contribution in [0.2, 0.25) is 0 Å². The fourth-order valence-corrected chi connectivity index (χ4v) is 2.04. The first-order chi connectivity index (χ1) is 7.18. The van der Waals surface area contributed by atoms with Crippen molar-refractivity contribution in [2.24, 2.45) is 0 Å². The third-order valence-corrected chi connectivity index (χ3v) is 2.95. The van der Waals surface area contributed by atoms with Gasteiger partial charge in [0.2, 0.25) is 0 Å². The predicted molar refractivity (Wildman–Crippen MR) is 60.8 cm³/mol. The summed E-state index contributed by atoms with van der Waals surface area (Å²) in [6, 6.07) is 8.65. The van der Waals surface area contributed by atoms with Crippen molar-refractivity contribution >= 4 is 22.7 Å². The molecular formula is C10H8N2O2S. The van der Waals surface area contributed by atoms with Crippen LogP contribution in [-0.4, -0.2) is 4.92 Å². The van der Waals surface area contributed by atoms with Crippen LogP contribution in [-0.2, 0) is 0 Å². The first-order valence-electron chi connectivity index (χ1n) is 4.26. The first-order valence-corrected chi connectivity index (χ1v) is 5.14. The molecule has 4 nitrogen and oxygen atoms in total. The minimum atomic E-state index is -0.479. The van der Waals surface area contributed by atoms with Gasteiger partial charge in [-0.15, -0.1) is 11.3 Å². The van der Waals surface area contributed by atoms with Crippen LogP contribution in [0.5, 0.6) is 0 Å². The molecule has 1 aromatic carbocycles. The maximum absolute atomic E-state index is 10.5. The second kappa shape index (κ2) is 3.70. The van der Waals surface area contributed by atoms with Crippen LogP contribution >= 0.6 is 11.3 Å². The lowest BCUT2D eigenvalue weighted by atomic mass is 10.1. The molecule has 1 aromatic heterocycles.